The van der Waals surface area contributed by atoms with Crippen LogP contribution in [0.3, 0.4) is 0 Å². The van der Waals surface area contributed by atoms with Crippen LogP contribution in [0.4, 0.5) is 0 Å². The van der Waals surface area contributed by atoms with Crippen molar-refractivity contribution in [2.45, 2.75) is 58.5 Å². The van der Waals surface area contributed by atoms with E-state index in [1.54, 1.807) is 0 Å². The number of Topliss-reactive ketones (excluding diaryl/α,β-unsaturated/α-hetero) is 2. The molecule has 34 heavy (non-hydrogen) atoms. The Morgan fingerprint density at radius 1 is 0.971 bits per heavy atom. The van der Waals surface area contributed by atoms with Crippen molar-refractivity contribution >= 4 is 17.3 Å². The fraction of sp³-hybridized carbons (Fsp3) is 0.773. The van der Waals surface area contributed by atoms with Gasteiger partial charge in [0, 0.05) is 38.2 Å². The molecular weight excluding hydrogens is 453 g/mol. The summed E-state index contributed by atoms with van der Waals surface area (Å²) in [7, 11) is 0. The first-order chi connectivity index (χ1) is 14.7. The van der Waals surface area contributed by atoms with Crippen LogP contribution < -0.4 is 41.0 Å². The maximum Gasteiger partial charge on any atom is 1.00 e. The fourth-order valence-corrected chi connectivity index (χ4v) is 2.43. The van der Waals surface area contributed by atoms with Crippen molar-refractivity contribution in [1.29, 1.82) is 15.9 Å². The number of ether oxygens (including phenoxy) is 4. The van der Waals surface area contributed by atoms with E-state index in [1.807, 2.05) is 6.07 Å². The molecule has 4 aliphatic heterocycles. The van der Waals surface area contributed by atoms with Crippen LogP contribution in [-0.4, -0.2) is 81.2 Å². The SMILES string of the molecule is C.C.CC(=O)C1(N)CCOC1.N#CC1(N)CCOC1.N=C1CCOC1.O=C1CCOC1.[C-]#N.[Na+]. The van der Waals surface area contributed by atoms with Gasteiger partial charge < -0.3 is 47.7 Å². The smallest absolute Gasteiger partial charge is 0.512 e. The number of hydrogen-bond acceptors (Lipinski definition) is 11. The maximum absolute atomic E-state index is 10.8. The number of carbonyl (C=O) groups is 2. The third kappa shape index (κ3) is 17.2. The predicted molar refractivity (Wildman–Crippen MR) is 123 cm³/mol. The van der Waals surface area contributed by atoms with Gasteiger partial charge >= 0.3 is 29.6 Å². The van der Waals surface area contributed by atoms with Crippen molar-refractivity contribution in [3.63, 3.8) is 0 Å². The third-order valence-electron chi connectivity index (χ3n) is 4.64. The van der Waals surface area contributed by atoms with E-state index in [4.69, 9.17) is 52.9 Å². The number of rotatable bonds is 1. The van der Waals surface area contributed by atoms with E-state index in [1.165, 1.54) is 6.92 Å². The van der Waals surface area contributed by atoms with Gasteiger partial charge in [-0.05, 0) is 13.3 Å². The molecule has 4 heterocycles. The Balaban J connectivity index is -0.000000169. The van der Waals surface area contributed by atoms with Gasteiger partial charge in [-0.15, -0.1) is 0 Å². The fourth-order valence-electron chi connectivity index (χ4n) is 2.43. The van der Waals surface area contributed by atoms with Crippen molar-refractivity contribution in [2.24, 2.45) is 11.5 Å². The molecule has 5 N–H and O–H groups in total. The standard InChI is InChI=1S/C6H11NO2.C5H8N2O.C4H7NO.C4H6O2.CN.2CH4.Na/c1-5(8)6(7)2-3-9-4-6;6-3-5(7)1-2-8-4-5;2*5-4-1-2-6-3-4;1-2;;;/h2-4,7H2,1H3;1-2,4,7H2;5H,1-3H2;1-3H2;;2*1H4;/q;;;;-1;;;+1. The molecule has 4 saturated heterocycles. The molecule has 2 atom stereocenters. The number of hydrogen-bond donors (Lipinski definition) is 3. The summed E-state index contributed by atoms with van der Waals surface area (Å²) < 4.78 is 19.4. The first kappa shape index (κ1) is 39.9. The minimum atomic E-state index is -0.681. The Kier molecular flexibility index (Phi) is 26.1. The normalized spacial score (nSPS) is 25.9. The van der Waals surface area contributed by atoms with Gasteiger partial charge in [-0.1, -0.05) is 14.9 Å². The van der Waals surface area contributed by atoms with Crippen molar-refractivity contribution < 1.29 is 58.1 Å². The summed E-state index contributed by atoms with van der Waals surface area (Å²) in [5.41, 5.74) is 10.5. The van der Waals surface area contributed by atoms with Crippen LogP contribution in [0, 0.1) is 28.6 Å². The molecule has 0 aromatic rings. The summed E-state index contributed by atoms with van der Waals surface area (Å²) in [6, 6.07) is 1.99. The van der Waals surface area contributed by atoms with E-state index >= 15 is 0 Å². The summed E-state index contributed by atoms with van der Waals surface area (Å²) in [4.78, 5) is 20.9. The van der Waals surface area contributed by atoms with Crippen LogP contribution in [0.25, 0.3) is 0 Å². The number of ketones is 2. The average molecular weight is 494 g/mol. The van der Waals surface area contributed by atoms with E-state index in [0.717, 1.165) is 18.7 Å². The molecule has 2 unspecified atom stereocenters. The van der Waals surface area contributed by atoms with E-state index in [-0.39, 0.29) is 56.0 Å². The van der Waals surface area contributed by atoms with Crippen molar-refractivity contribution in [1.82, 2.24) is 0 Å². The first-order valence-electron chi connectivity index (χ1n) is 9.82. The minimum absolute atomic E-state index is 0. The summed E-state index contributed by atoms with van der Waals surface area (Å²) in [5, 5.41) is 21.5. The second-order valence-electron chi connectivity index (χ2n) is 7.33. The molecule has 11 nitrogen and oxygen atoms in total. The number of nitrogens with one attached hydrogen (secondary N) is 1. The van der Waals surface area contributed by atoms with Crippen LogP contribution in [-0.2, 0) is 28.5 Å². The molecule has 4 fully saturated rings. The van der Waals surface area contributed by atoms with Crippen LogP contribution in [0.1, 0.15) is 47.5 Å². The molecular formula is C22H40N5NaO6. The van der Waals surface area contributed by atoms with E-state index in [9.17, 15) is 9.59 Å². The summed E-state index contributed by atoms with van der Waals surface area (Å²) in [5.74, 6) is 0.259. The number of nitrogens with zero attached hydrogens (tertiary/aromatic N) is 2. The zero-order valence-corrected chi connectivity index (χ0v) is 21.0. The van der Waals surface area contributed by atoms with Gasteiger partial charge in [0.2, 0.25) is 0 Å². The van der Waals surface area contributed by atoms with Gasteiger partial charge in [-0.3, -0.25) is 9.59 Å². The Hall–Kier alpha value is -1.25. The Labute approximate surface area is 226 Å². The molecule has 12 heteroatoms. The molecule has 0 saturated carbocycles. The molecule has 190 valence electrons. The van der Waals surface area contributed by atoms with Crippen LogP contribution in [0.5, 0.6) is 0 Å². The molecule has 0 radical (unpaired) electrons. The molecule has 0 aromatic heterocycles. The number of nitriles is 1. The summed E-state index contributed by atoms with van der Waals surface area (Å²) >= 11 is 0. The second kappa shape index (κ2) is 22.2. The van der Waals surface area contributed by atoms with Crippen LogP contribution in [0.15, 0.2) is 0 Å². The quantitative estimate of drug-likeness (QED) is 0.274. The predicted octanol–water partition coefficient (Wildman–Crippen LogP) is -1.90. The number of nitrogens with two attached hydrogens (primary N) is 2. The molecule has 0 spiro atoms. The third-order valence-corrected chi connectivity index (χ3v) is 4.64. The molecule has 0 aliphatic carbocycles. The van der Waals surface area contributed by atoms with Gasteiger partial charge in [0.25, 0.3) is 0 Å². The van der Waals surface area contributed by atoms with Crippen molar-refractivity contribution in [2.75, 3.05) is 52.9 Å². The summed E-state index contributed by atoms with van der Waals surface area (Å²) in [6.07, 6.45) is 2.81. The molecule has 0 aromatic carbocycles. The Morgan fingerprint density at radius 3 is 1.68 bits per heavy atom. The number of carbonyl (C=O) groups excluding carboxylic acids is 2. The molecule has 0 amide bonds. The van der Waals surface area contributed by atoms with Crippen molar-refractivity contribution in [3.05, 3.63) is 6.57 Å². The Bertz CT molecular complexity index is 605. The average Bonchev–Trinajstić information content (AvgIpc) is 3.56. The molecule has 4 aliphatic rings. The van der Waals surface area contributed by atoms with Crippen LogP contribution >= 0.6 is 0 Å². The van der Waals surface area contributed by atoms with Gasteiger partial charge in [0.15, 0.2) is 11.6 Å². The second-order valence-corrected chi connectivity index (χ2v) is 7.33. The van der Waals surface area contributed by atoms with Crippen molar-refractivity contribution in [3.8, 4) is 6.07 Å². The van der Waals surface area contributed by atoms with Gasteiger partial charge in [-0.25, -0.2) is 0 Å². The summed E-state index contributed by atoms with van der Waals surface area (Å²) in [6.45, 7) is 10.6. The van der Waals surface area contributed by atoms with Gasteiger partial charge in [0.05, 0.1) is 39.1 Å². The topological polar surface area (TPSA) is 195 Å². The minimum Gasteiger partial charge on any atom is -0.512 e. The zero-order chi connectivity index (χ0) is 23.8. The van der Waals surface area contributed by atoms with Gasteiger partial charge in [-0.2, -0.15) is 5.26 Å². The zero-order valence-electron chi connectivity index (χ0n) is 19.0. The first-order valence-corrected chi connectivity index (χ1v) is 9.82. The van der Waals surface area contributed by atoms with E-state index in [2.05, 4.69) is 0 Å². The van der Waals surface area contributed by atoms with E-state index < -0.39 is 11.1 Å². The largest absolute Gasteiger partial charge is 1.00 e. The molecule has 0 bridgehead atoms. The van der Waals surface area contributed by atoms with Crippen LogP contribution in [0.2, 0.25) is 0 Å². The maximum atomic E-state index is 10.8. The van der Waals surface area contributed by atoms with E-state index in [0.29, 0.717) is 65.5 Å². The van der Waals surface area contributed by atoms with Gasteiger partial charge in [0.1, 0.15) is 17.7 Å². The monoisotopic (exact) mass is 493 g/mol. The molecule has 4 rings (SSSR count). The Morgan fingerprint density at radius 2 is 1.50 bits per heavy atom.